The van der Waals surface area contributed by atoms with E-state index in [2.05, 4.69) is 10.3 Å². The topological polar surface area (TPSA) is 42.0 Å². The highest BCUT2D eigenvalue weighted by Gasteiger charge is 2.05. The van der Waals surface area contributed by atoms with E-state index in [-0.39, 0.29) is 5.91 Å². The minimum absolute atomic E-state index is 0.158. The number of thiazole rings is 1. The Kier molecular flexibility index (Phi) is 4.12. The predicted octanol–water partition coefficient (Wildman–Crippen LogP) is 3.72. The van der Waals surface area contributed by atoms with Gasteiger partial charge in [0, 0.05) is 11.0 Å². The monoisotopic (exact) mass is 272 g/mol. The highest BCUT2D eigenvalue weighted by Crippen LogP contribution is 2.20. The molecule has 0 aliphatic heterocycles. The molecule has 4 heteroatoms. The summed E-state index contributed by atoms with van der Waals surface area (Å²) in [6.07, 6.45) is 3.32. The van der Waals surface area contributed by atoms with Crippen molar-refractivity contribution in [3.63, 3.8) is 0 Å². The lowest BCUT2D eigenvalue weighted by Gasteiger charge is -1.96. The molecule has 0 aliphatic carbocycles. The predicted molar refractivity (Wildman–Crippen MR) is 80.4 cm³/mol. The van der Waals surface area contributed by atoms with Crippen molar-refractivity contribution in [1.82, 2.24) is 4.98 Å². The Morgan fingerprint density at radius 3 is 2.47 bits per heavy atom. The van der Waals surface area contributed by atoms with Crippen LogP contribution in [0.3, 0.4) is 0 Å². The van der Waals surface area contributed by atoms with Gasteiger partial charge < -0.3 is 0 Å². The number of nitrogens with one attached hydrogen (secondary N) is 1. The zero-order valence-electron chi connectivity index (χ0n) is 11.2. The van der Waals surface area contributed by atoms with Gasteiger partial charge in [-0.2, -0.15) is 0 Å². The van der Waals surface area contributed by atoms with Gasteiger partial charge in [-0.1, -0.05) is 29.8 Å². The third-order valence-corrected chi connectivity index (χ3v) is 3.75. The molecule has 2 aromatic rings. The van der Waals surface area contributed by atoms with Gasteiger partial charge in [0.25, 0.3) is 0 Å². The van der Waals surface area contributed by atoms with E-state index in [1.807, 2.05) is 45.0 Å². The fourth-order valence-corrected chi connectivity index (χ4v) is 2.34. The molecule has 98 valence electrons. The van der Waals surface area contributed by atoms with Gasteiger partial charge in [0.1, 0.15) is 0 Å². The van der Waals surface area contributed by atoms with Crippen molar-refractivity contribution in [2.24, 2.45) is 0 Å². The van der Waals surface area contributed by atoms with E-state index in [0.29, 0.717) is 5.13 Å². The lowest BCUT2D eigenvalue weighted by molar-refractivity contribution is -0.111. The number of hydrogen-bond donors (Lipinski definition) is 1. The minimum atomic E-state index is -0.158. The SMILES string of the molecule is Cc1ccc(/C=C/C(=O)Nc2nc(C)c(C)s2)cc1. The smallest absolute Gasteiger partial charge is 0.250 e. The van der Waals surface area contributed by atoms with Crippen LogP contribution < -0.4 is 5.32 Å². The summed E-state index contributed by atoms with van der Waals surface area (Å²) in [5.41, 5.74) is 3.17. The van der Waals surface area contributed by atoms with Crippen molar-refractivity contribution < 1.29 is 4.79 Å². The van der Waals surface area contributed by atoms with Crippen molar-refractivity contribution in [1.29, 1.82) is 0 Å². The van der Waals surface area contributed by atoms with E-state index in [9.17, 15) is 4.79 Å². The number of rotatable bonds is 3. The van der Waals surface area contributed by atoms with Crippen LogP contribution in [-0.4, -0.2) is 10.9 Å². The van der Waals surface area contributed by atoms with Crippen LogP contribution in [0.4, 0.5) is 5.13 Å². The second-order valence-corrected chi connectivity index (χ2v) is 5.60. The maximum absolute atomic E-state index is 11.7. The first-order valence-electron chi connectivity index (χ1n) is 6.04. The third kappa shape index (κ3) is 3.76. The Labute approximate surface area is 117 Å². The third-order valence-electron chi connectivity index (χ3n) is 2.76. The molecule has 3 nitrogen and oxygen atoms in total. The summed E-state index contributed by atoms with van der Waals surface area (Å²) >= 11 is 1.49. The van der Waals surface area contributed by atoms with Crippen molar-refractivity contribution in [3.8, 4) is 0 Å². The number of amides is 1. The normalized spacial score (nSPS) is 10.9. The largest absolute Gasteiger partial charge is 0.298 e. The average molecular weight is 272 g/mol. The number of nitrogens with zero attached hydrogens (tertiary/aromatic N) is 1. The summed E-state index contributed by atoms with van der Waals surface area (Å²) in [6, 6.07) is 8.00. The Balaban J connectivity index is 1.99. The molecule has 1 amide bonds. The Morgan fingerprint density at radius 1 is 1.21 bits per heavy atom. The molecule has 0 saturated carbocycles. The van der Waals surface area contributed by atoms with Gasteiger partial charge in [0.2, 0.25) is 5.91 Å². The van der Waals surface area contributed by atoms with Crippen molar-refractivity contribution in [2.75, 3.05) is 5.32 Å². The molecule has 0 spiro atoms. The van der Waals surface area contributed by atoms with Crippen LogP contribution >= 0.6 is 11.3 Å². The van der Waals surface area contributed by atoms with Crippen LogP contribution in [0.2, 0.25) is 0 Å². The lowest BCUT2D eigenvalue weighted by Crippen LogP contribution is -2.07. The molecule has 1 N–H and O–H groups in total. The maximum atomic E-state index is 11.7. The number of carbonyl (C=O) groups is 1. The fraction of sp³-hybridized carbons (Fsp3) is 0.200. The zero-order valence-corrected chi connectivity index (χ0v) is 12.0. The van der Waals surface area contributed by atoms with Crippen molar-refractivity contribution >= 4 is 28.5 Å². The summed E-state index contributed by atoms with van der Waals surface area (Å²) in [7, 11) is 0. The van der Waals surface area contributed by atoms with E-state index < -0.39 is 0 Å². The van der Waals surface area contributed by atoms with Gasteiger partial charge in [-0.25, -0.2) is 4.98 Å². The highest BCUT2D eigenvalue weighted by atomic mass is 32.1. The number of carbonyl (C=O) groups excluding carboxylic acids is 1. The van der Waals surface area contributed by atoms with Crippen LogP contribution in [0.25, 0.3) is 6.08 Å². The number of anilines is 1. The van der Waals surface area contributed by atoms with Crippen LogP contribution in [0.1, 0.15) is 21.7 Å². The summed E-state index contributed by atoms with van der Waals surface area (Å²) in [5.74, 6) is -0.158. The molecule has 0 atom stereocenters. The molecule has 1 heterocycles. The fourth-order valence-electron chi connectivity index (χ4n) is 1.52. The van der Waals surface area contributed by atoms with Gasteiger partial charge in [0.05, 0.1) is 5.69 Å². The van der Waals surface area contributed by atoms with Crippen molar-refractivity contribution in [2.45, 2.75) is 20.8 Å². The first-order chi connectivity index (χ1) is 9.04. The summed E-state index contributed by atoms with van der Waals surface area (Å²) in [5, 5.41) is 3.41. The Hall–Kier alpha value is -1.94. The van der Waals surface area contributed by atoms with Gasteiger partial charge in [-0.15, -0.1) is 11.3 Å². The summed E-state index contributed by atoms with van der Waals surface area (Å²) in [6.45, 7) is 5.96. The van der Waals surface area contributed by atoms with E-state index in [0.717, 1.165) is 16.1 Å². The Bertz CT molecular complexity index is 592. The van der Waals surface area contributed by atoms with Crippen LogP contribution in [0.5, 0.6) is 0 Å². The second kappa shape index (κ2) is 5.80. The van der Waals surface area contributed by atoms with Gasteiger partial charge in [-0.05, 0) is 32.4 Å². The quantitative estimate of drug-likeness (QED) is 0.865. The molecule has 0 aliphatic rings. The summed E-state index contributed by atoms with van der Waals surface area (Å²) in [4.78, 5) is 17.1. The molecule has 0 unspecified atom stereocenters. The molecule has 1 aromatic carbocycles. The Morgan fingerprint density at radius 2 is 1.89 bits per heavy atom. The number of benzene rings is 1. The molecule has 0 bridgehead atoms. The molecular weight excluding hydrogens is 256 g/mol. The molecular formula is C15H16N2OS. The number of aromatic nitrogens is 1. The molecule has 19 heavy (non-hydrogen) atoms. The molecule has 0 fully saturated rings. The zero-order chi connectivity index (χ0) is 13.8. The molecule has 0 radical (unpaired) electrons. The summed E-state index contributed by atoms with van der Waals surface area (Å²) < 4.78 is 0. The van der Waals surface area contributed by atoms with Gasteiger partial charge in [-0.3, -0.25) is 10.1 Å². The van der Waals surface area contributed by atoms with E-state index in [1.165, 1.54) is 23.0 Å². The number of hydrogen-bond acceptors (Lipinski definition) is 3. The molecule has 1 aromatic heterocycles. The second-order valence-electron chi connectivity index (χ2n) is 4.39. The number of aryl methyl sites for hydroxylation is 3. The lowest BCUT2D eigenvalue weighted by atomic mass is 10.1. The van der Waals surface area contributed by atoms with Crippen LogP contribution in [0, 0.1) is 20.8 Å². The first-order valence-corrected chi connectivity index (χ1v) is 6.86. The molecule has 2 rings (SSSR count). The van der Waals surface area contributed by atoms with Crippen LogP contribution in [-0.2, 0) is 4.79 Å². The van der Waals surface area contributed by atoms with E-state index in [4.69, 9.17) is 0 Å². The van der Waals surface area contributed by atoms with Gasteiger partial charge in [0.15, 0.2) is 5.13 Å². The maximum Gasteiger partial charge on any atom is 0.250 e. The average Bonchev–Trinajstić information content (AvgIpc) is 2.67. The highest BCUT2D eigenvalue weighted by molar-refractivity contribution is 7.15. The molecule has 0 saturated heterocycles. The van der Waals surface area contributed by atoms with Gasteiger partial charge >= 0.3 is 0 Å². The minimum Gasteiger partial charge on any atom is -0.298 e. The van der Waals surface area contributed by atoms with Crippen molar-refractivity contribution in [3.05, 3.63) is 52.0 Å². The van der Waals surface area contributed by atoms with Crippen LogP contribution in [0.15, 0.2) is 30.3 Å². The first kappa shape index (κ1) is 13.5. The van der Waals surface area contributed by atoms with E-state index in [1.54, 1.807) is 6.08 Å². The van der Waals surface area contributed by atoms with E-state index >= 15 is 0 Å². The standard InChI is InChI=1S/C15H16N2OS/c1-10-4-6-13(7-5-10)8-9-14(18)17-15-16-11(2)12(3)19-15/h4-9H,1-3H3,(H,16,17,18)/b9-8+.